The van der Waals surface area contributed by atoms with Gasteiger partial charge in [0.25, 0.3) is 0 Å². The van der Waals surface area contributed by atoms with E-state index in [1.54, 1.807) is 20.4 Å². The van der Waals surface area contributed by atoms with E-state index in [1.165, 1.54) is 0 Å². The zero-order chi connectivity index (χ0) is 19.3. The normalized spacial score (nSPS) is 17.9. The van der Waals surface area contributed by atoms with Crippen molar-refractivity contribution >= 4 is 22.4 Å². The Hall–Kier alpha value is -3.34. The van der Waals surface area contributed by atoms with Crippen LogP contribution in [0, 0.1) is 0 Å². The summed E-state index contributed by atoms with van der Waals surface area (Å²) in [5.74, 6) is 1.39. The lowest BCUT2D eigenvalue weighted by molar-refractivity contribution is -0.115. The smallest absolute Gasteiger partial charge is 0.161 e. The number of nitrogens with one attached hydrogen (secondary N) is 1. The Morgan fingerprint density at radius 3 is 2.57 bits per heavy atom. The van der Waals surface area contributed by atoms with Gasteiger partial charge in [-0.15, -0.1) is 0 Å². The summed E-state index contributed by atoms with van der Waals surface area (Å²) in [5.41, 5.74) is 5.76. The summed E-state index contributed by atoms with van der Waals surface area (Å²) in [5, 5.41) is 4.55. The number of rotatable bonds is 3. The number of hydrogen-bond donors (Lipinski definition) is 1. The van der Waals surface area contributed by atoms with Crippen LogP contribution < -0.4 is 14.8 Å². The number of allylic oxidation sites excluding steroid dienone is 2. The molecule has 0 bridgehead atoms. The number of Topliss-reactive ketones (excluding diaryl/α,β-unsaturated/α-hetero) is 1. The van der Waals surface area contributed by atoms with Crippen LogP contribution in [0.5, 0.6) is 11.5 Å². The molecule has 1 aromatic heterocycles. The van der Waals surface area contributed by atoms with Crippen LogP contribution in [0.15, 0.2) is 59.9 Å². The van der Waals surface area contributed by atoms with Crippen molar-refractivity contribution in [1.82, 2.24) is 4.98 Å². The highest BCUT2D eigenvalue weighted by Crippen LogP contribution is 2.49. The first-order chi connectivity index (χ1) is 13.7. The van der Waals surface area contributed by atoms with Crippen LogP contribution in [0.4, 0.5) is 5.69 Å². The molecule has 1 unspecified atom stereocenters. The number of pyridine rings is 1. The highest BCUT2D eigenvalue weighted by molar-refractivity contribution is 6.05. The Labute approximate surface area is 163 Å². The number of nitrogens with zero attached hydrogens (tertiary/aromatic N) is 1. The number of hydrogen-bond acceptors (Lipinski definition) is 5. The molecule has 0 amide bonds. The average molecular weight is 372 g/mol. The van der Waals surface area contributed by atoms with Crippen LogP contribution in [0.1, 0.15) is 29.9 Å². The monoisotopic (exact) mass is 372 g/mol. The molecule has 1 N–H and O–H groups in total. The SMILES string of the molecule is COc1cc(OC)cc(C2C3=C(CCC3=O)Nc3ccc4cccnc4c32)c1. The fraction of sp³-hybridized carbons (Fsp3) is 0.217. The number of aromatic nitrogens is 1. The summed E-state index contributed by atoms with van der Waals surface area (Å²) < 4.78 is 11.0. The lowest BCUT2D eigenvalue weighted by Gasteiger charge is -2.30. The first-order valence-corrected chi connectivity index (χ1v) is 9.33. The summed E-state index contributed by atoms with van der Waals surface area (Å²) in [7, 11) is 3.27. The molecule has 28 heavy (non-hydrogen) atoms. The van der Waals surface area contributed by atoms with Gasteiger partial charge >= 0.3 is 0 Å². The van der Waals surface area contributed by atoms with E-state index in [9.17, 15) is 4.79 Å². The van der Waals surface area contributed by atoms with E-state index >= 15 is 0 Å². The first-order valence-electron chi connectivity index (χ1n) is 9.33. The van der Waals surface area contributed by atoms with Crippen LogP contribution in [0.3, 0.4) is 0 Å². The van der Waals surface area contributed by atoms with Crippen molar-refractivity contribution in [2.75, 3.05) is 19.5 Å². The molecule has 1 aliphatic heterocycles. The Morgan fingerprint density at radius 2 is 1.82 bits per heavy atom. The van der Waals surface area contributed by atoms with Crippen molar-refractivity contribution in [1.29, 1.82) is 0 Å². The lowest BCUT2D eigenvalue weighted by atomic mass is 9.79. The number of benzene rings is 2. The van der Waals surface area contributed by atoms with Crippen LogP contribution in [0.2, 0.25) is 0 Å². The zero-order valence-electron chi connectivity index (χ0n) is 15.8. The Bertz CT molecular complexity index is 1130. The van der Waals surface area contributed by atoms with Crippen LogP contribution in [-0.2, 0) is 4.79 Å². The van der Waals surface area contributed by atoms with E-state index < -0.39 is 0 Å². The molecule has 3 aromatic rings. The minimum atomic E-state index is -0.205. The van der Waals surface area contributed by atoms with Gasteiger partial charge in [-0.1, -0.05) is 12.1 Å². The molecule has 2 aliphatic rings. The molecule has 140 valence electrons. The topological polar surface area (TPSA) is 60.5 Å². The van der Waals surface area contributed by atoms with E-state index in [0.29, 0.717) is 17.9 Å². The van der Waals surface area contributed by atoms with Gasteiger partial charge in [0, 0.05) is 52.5 Å². The van der Waals surface area contributed by atoms with Gasteiger partial charge < -0.3 is 14.8 Å². The van der Waals surface area contributed by atoms with Crippen molar-refractivity contribution in [3.63, 3.8) is 0 Å². The average Bonchev–Trinajstić information content (AvgIpc) is 3.11. The first kappa shape index (κ1) is 16.8. The molecule has 0 saturated carbocycles. The van der Waals surface area contributed by atoms with Crippen molar-refractivity contribution in [3.05, 3.63) is 71.1 Å². The van der Waals surface area contributed by atoms with E-state index in [1.807, 2.05) is 30.3 Å². The fourth-order valence-electron chi connectivity index (χ4n) is 4.35. The van der Waals surface area contributed by atoms with Gasteiger partial charge in [0.1, 0.15) is 11.5 Å². The molecule has 1 atom stereocenters. The highest BCUT2D eigenvalue weighted by Gasteiger charge is 2.38. The summed E-state index contributed by atoms with van der Waals surface area (Å²) in [4.78, 5) is 17.5. The van der Waals surface area contributed by atoms with Crippen LogP contribution >= 0.6 is 0 Å². The van der Waals surface area contributed by atoms with Gasteiger partial charge in [-0.25, -0.2) is 0 Å². The quantitative estimate of drug-likeness (QED) is 0.737. The van der Waals surface area contributed by atoms with Gasteiger partial charge in [-0.3, -0.25) is 9.78 Å². The Morgan fingerprint density at radius 1 is 1.04 bits per heavy atom. The second-order valence-corrected chi connectivity index (χ2v) is 7.12. The van der Waals surface area contributed by atoms with Gasteiger partial charge in [-0.2, -0.15) is 0 Å². The summed E-state index contributed by atoms with van der Waals surface area (Å²) in [6.07, 6.45) is 3.08. The number of ether oxygens (including phenoxy) is 2. The summed E-state index contributed by atoms with van der Waals surface area (Å²) in [6.45, 7) is 0. The third-order valence-electron chi connectivity index (χ3n) is 5.61. The summed E-state index contributed by atoms with van der Waals surface area (Å²) in [6, 6.07) is 13.9. The van der Waals surface area contributed by atoms with Gasteiger partial charge in [-0.05, 0) is 36.2 Å². The molecule has 2 aromatic carbocycles. The third-order valence-corrected chi connectivity index (χ3v) is 5.61. The number of fused-ring (bicyclic) bond motifs is 3. The standard InChI is InChI=1S/C23H20N2O3/c1-27-15-10-14(11-16(12-15)28-2)20-21-17(7-8-19(21)26)25-18-6-5-13-4-3-9-24-23(13)22(18)20/h3-6,9-12,20,25H,7-8H2,1-2H3. The number of carbonyl (C=O) groups is 1. The van der Waals surface area contributed by atoms with Crippen molar-refractivity contribution in [2.24, 2.45) is 0 Å². The third kappa shape index (κ3) is 2.47. The minimum Gasteiger partial charge on any atom is -0.497 e. The lowest BCUT2D eigenvalue weighted by Crippen LogP contribution is -2.20. The maximum absolute atomic E-state index is 12.9. The Balaban J connectivity index is 1.83. The molecule has 5 rings (SSSR count). The molecular weight excluding hydrogens is 352 g/mol. The van der Waals surface area contributed by atoms with Gasteiger partial charge in [0.15, 0.2) is 5.78 Å². The van der Waals surface area contributed by atoms with E-state index in [0.717, 1.165) is 45.4 Å². The molecule has 0 radical (unpaired) electrons. The molecule has 5 heteroatoms. The maximum atomic E-state index is 12.9. The predicted molar refractivity (Wildman–Crippen MR) is 108 cm³/mol. The number of anilines is 1. The van der Waals surface area contributed by atoms with E-state index in [-0.39, 0.29) is 11.7 Å². The largest absolute Gasteiger partial charge is 0.497 e. The maximum Gasteiger partial charge on any atom is 0.161 e. The van der Waals surface area contributed by atoms with Crippen molar-refractivity contribution < 1.29 is 14.3 Å². The van der Waals surface area contributed by atoms with Crippen LogP contribution in [-0.4, -0.2) is 25.0 Å². The molecule has 1 aliphatic carbocycles. The Kier molecular flexibility index (Phi) is 3.83. The molecule has 0 fully saturated rings. The van der Waals surface area contributed by atoms with Crippen molar-refractivity contribution in [3.8, 4) is 11.5 Å². The zero-order valence-corrected chi connectivity index (χ0v) is 15.8. The second-order valence-electron chi connectivity index (χ2n) is 7.12. The minimum absolute atomic E-state index is 0.188. The van der Waals surface area contributed by atoms with Gasteiger partial charge in [0.05, 0.1) is 19.7 Å². The number of ketones is 1. The van der Waals surface area contributed by atoms with Gasteiger partial charge in [0.2, 0.25) is 0 Å². The van der Waals surface area contributed by atoms with E-state index in [4.69, 9.17) is 9.47 Å². The molecule has 2 heterocycles. The number of methoxy groups -OCH3 is 2. The predicted octanol–water partition coefficient (Wildman–Crippen LogP) is 4.43. The van der Waals surface area contributed by atoms with Crippen LogP contribution in [0.25, 0.3) is 10.9 Å². The second kappa shape index (κ2) is 6.37. The fourth-order valence-corrected chi connectivity index (χ4v) is 4.35. The number of carbonyl (C=O) groups excluding carboxylic acids is 1. The summed E-state index contributed by atoms with van der Waals surface area (Å²) >= 11 is 0. The molecule has 0 spiro atoms. The highest BCUT2D eigenvalue weighted by atomic mass is 16.5. The van der Waals surface area contributed by atoms with E-state index in [2.05, 4.69) is 22.4 Å². The van der Waals surface area contributed by atoms with Crippen molar-refractivity contribution in [2.45, 2.75) is 18.8 Å². The molecule has 0 saturated heterocycles. The molecule has 5 nitrogen and oxygen atoms in total. The molecular formula is C23H20N2O3.